The van der Waals surface area contributed by atoms with Crippen LogP contribution in [-0.2, 0) is 0 Å². The summed E-state index contributed by atoms with van der Waals surface area (Å²) >= 11 is 0. The highest BCUT2D eigenvalue weighted by Gasteiger charge is 2.08. The summed E-state index contributed by atoms with van der Waals surface area (Å²) in [7, 11) is 0. The normalized spacial score (nSPS) is 10.4. The van der Waals surface area contributed by atoms with Crippen molar-refractivity contribution in [2.24, 2.45) is 0 Å². The Kier molecular flexibility index (Phi) is 7.84. The van der Waals surface area contributed by atoms with Crippen LogP contribution >= 0.6 is 0 Å². The number of unbranched alkanes of at least 4 members (excludes halogenated alkanes) is 1. The summed E-state index contributed by atoms with van der Waals surface area (Å²) in [6.45, 7) is 10.9. The average Bonchev–Trinajstić information content (AvgIpc) is 2.80. The van der Waals surface area contributed by atoms with Gasteiger partial charge < -0.3 is 0 Å². The van der Waals surface area contributed by atoms with Crippen LogP contribution in [0.25, 0.3) is 33.4 Å². The Morgan fingerprint density at radius 2 is 1.03 bits per heavy atom. The van der Waals surface area contributed by atoms with Crippen molar-refractivity contribution in [3.05, 3.63) is 108 Å². The Bertz CT molecular complexity index is 1120. The van der Waals surface area contributed by atoms with Gasteiger partial charge in [-0.2, -0.15) is 0 Å². The van der Waals surface area contributed by atoms with Gasteiger partial charge in [0, 0.05) is 0 Å². The fourth-order valence-corrected chi connectivity index (χ4v) is 3.77. The molecule has 0 aliphatic rings. The topological polar surface area (TPSA) is 0 Å². The molecule has 0 N–H and O–H groups in total. The molecular weight excluding hydrogens is 372 g/mol. The molecule has 0 nitrogen and oxygen atoms in total. The monoisotopic (exact) mass is 406 g/mol. The highest BCUT2D eigenvalue weighted by molar-refractivity contribution is 5.78. The molecule has 0 bridgehead atoms. The molecule has 0 atom stereocenters. The van der Waals surface area contributed by atoms with Crippen molar-refractivity contribution in [3.63, 3.8) is 0 Å². The molecule has 0 heterocycles. The maximum absolute atomic E-state index is 2.31. The molecule has 0 spiro atoms. The third-order valence-electron chi connectivity index (χ3n) is 5.68. The lowest BCUT2D eigenvalue weighted by atomic mass is 9.92. The molecule has 0 radical (unpaired) electrons. The third-order valence-corrected chi connectivity index (χ3v) is 5.68. The number of hydrogen-bond acceptors (Lipinski definition) is 0. The molecule has 31 heavy (non-hydrogen) atoms. The summed E-state index contributed by atoms with van der Waals surface area (Å²) in [5, 5.41) is 0. The number of rotatable bonds is 4. The Hall–Kier alpha value is -3.12. The first-order valence-electron chi connectivity index (χ1n) is 11.4. The fourth-order valence-electron chi connectivity index (χ4n) is 3.77. The van der Waals surface area contributed by atoms with Gasteiger partial charge in [-0.1, -0.05) is 112 Å². The van der Waals surface area contributed by atoms with E-state index in [2.05, 4.69) is 126 Å². The minimum absolute atomic E-state index is 1.26. The Morgan fingerprint density at radius 1 is 0.452 bits per heavy atom. The van der Waals surface area contributed by atoms with E-state index in [1.165, 1.54) is 62.9 Å². The van der Waals surface area contributed by atoms with E-state index in [1.807, 2.05) is 0 Å². The number of benzene rings is 4. The van der Waals surface area contributed by atoms with Crippen LogP contribution in [0.15, 0.2) is 91.0 Å². The molecule has 0 heteroatoms. The lowest BCUT2D eigenvalue weighted by molar-refractivity contribution is 0.886. The summed E-state index contributed by atoms with van der Waals surface area (Å²) in [4.78, 5) is 0. The zero-order chi connectivity index (χ0) is 22.2. The van der Waals surface area contributed by atoms with Gasteiger partial charge >= 0.3 is 0 Å². The van der Waals surface area contributed by atoms with Gasteiger partial charge in [-0.25, -0.2) is 0 Å². The van der Waals surface area contributed by atoms with E-state index in [0.717, 1.165) is 0 Å². The molecule has 0 saturated carbocycles. The molecule has 0 aromatic heterocycles. The zero-order valence-corrected chi connectivity index (χ0v) is 19.6. The van der Waals surface area contributed by atoms with Crippen molar-refractivity contribution in [1.29, 1.82) is 0 Å². The Labute approximate surface area is 188 Å². The molecule has 0 amide bonds. The van der Waals surface area contributed by atoms with Gasteiger partial charge in [-0.3, -0.25) is 0 Å². The molecule has 0 fully saturated rings. The summed E-state index contributed by atoms with van der Waals surface area (Å²) in [5.41, 5.74) is 11.6. The smallest absolute Gasteiger partial charge is 0.0152 e. The summed E-state index contributed by atoms with van der Waals surface area (Å²) in [6.07, 6.45) is 2.64. The standard InChI is InChI=1S/C27H24.C4H10/c1-19-15-24(22-10-5-4-6-11-22)18-25(16-19)23-13-14-27(21(3)17-23)26-12-8-7-9-20(26)2;1-3-4-2/h4-18H,1-3H3;3-4H2,1-2H3. The Morgan fingerprint density at radius 3 is 1.65 bits per heavy atom. The van der Waals surface area contributed by atoms with Gasteiger partial charge in [0.05, 0.1) is 0 Å². The molecular formula is C31H34. The van der Waals surface area contributed by atoms with E-state index in [-0.39, 0.29) is 0 Å². The molecule has 158 valence electrons. The van der Waals surface area contributed by atoms with Crippen LogP contribution in [0.4, 0.5) is 0 Å². The molecule has 4 aromatic rings. The van der Waals surface area contributed by atoms with Crippen LogP contribution in [0.5, 0.6) is 0 Å². The summed E-state index contributed by atoms with van der Waals surface area (Å²) < 4.78 is 0. The highest BCUT2D eigenvalue weighted by atomic mass is 14.1. The minimum Gasteiger partial charge on any atom is -0.0654 e. The van der Waals surface area contributed by atoms with Gasteiger partial charge in [0.25, 0.3) is 0 Å². The van der Waals surface area contributed by atoms with Gasteiger partial charge in [0.2, 0.25) is 0 Å². The highest BCUT2D eigenvalue weighted by Crippen LogP contribution is 2.32. The second kappa shape index (κ2) is 10.8. The van der Waals surface area contributed by atoms with Crippen molar-refractivity contribution in [1.82, 2.24) is 0 Å². The Balaban J connectivity index is 0.000000628. The maximum atomic E-state index is 2.31. The van der Waals surface area contributed by atoms with Crippen LogP contribution in [0.3, 0.4) is 0 Å². The van der Waals surface area contributed by atoms with Gasteiger partial charge in [0.1, 0.15) is 0 Å². The second-order valence-corrected chi connectivity index (χ2v) is 8.30. The average molecular weight is 407 g/mol. The van der Waals surface area contributed by atoms with E-state index >= 15 is 0 Å². The van der Waals surface area contributed by atoms with Gasteiger partial charge in [-0.05, 0) is 76.9 Å². The number of hydrogen-bond donors (Lipinski definition) is 0. The van der Waals surface area contributed by atoms with E-state index in [0.29, 0.717) is 0 Å². The lowest BCUT2D eigenvalue weighted by Crippen LogP contribution is -1.89. The van der Waals surface area contributed by atoms with Crippen LogP contribution in [0.1, 0.15) is 43.4 Å². The molecule has 0 unspecified atom stereocenters. The fraction of sp³-hybridized carbons (Fsp3) is 0.226. The van der Waals surface area contributed by atoms with E-state index in [4.69, 9.17) is 0 Å². The molecule has 4 rings (SSSR count). The van der Waals surface area contributed by atoms with Crippen molar-refractivity contribution in [2.75, 3.05) is 0 Å². The largest absolute Gasteiger partial charge is 0.0654 e. The van der Waals surface area contributed by atoms with Crippen LogP contribution in [0, 0.1) is 20.8 Å². The molecule has 0 aliphatic heterocycles. The third kappa shape index (κ3) is 5.73. The first kappa shape index (κ1) is 22.6. The summed E-state index contributed by atoms with van der Waals surface area (Å²) in [6, 6.07) is 32.8. The van der Waals surface area contributed by atoms with Crippen LogP contribution in [-0.4, -0.2) is 0 Å². The van der Waals surface area contributed by atoms with Crippen molar-refractivity contribution < 1.29 is 0 Å². The SMILES string of the molecule is CCCC.Cc1cc(-c2ccccc2)cc(-c2ccc(-c3ccccc3C)c(C)c2)c1. The van der Waals surface area contributed by atoms with E-state index in [9.17, 15) is 0 Å². The number of aryl methyl sites for hydroxylation is 3. The van der Waals surface area contributed by atoms with Crippen molar-refractivity contribution >= 4 is 0 Å². The summed E-state index contributed by atoms with van der Waals surface area (Å²) in [5.74, 6) is 0. The molecule has 0 saturated heterocycles. The lowest BCUT2D eigenvalue weighted by Gasteiger charge is -2.13. The first-order chi connectivity index (χ1) is 15.0. The second-order valence-electron chi connectivity index (χ2n) is 8.30. The molecule has 4 aromatic carbocycles. The molecule has 0 aliphatic carbocycles. The predicted octanol–water partition coefficient (Wildman–Crippen LogP) is 9.42. The van der Waals surface area contributed by atoms with Crippen LogP contribution < -0.4 is 0 Å². The first-order valence-corrected chi connectivity index (χ1v) is 11.4. The van der Waals surface area contributed by atoms with Gasteiger partial charge in [0.15, 0.2) is 0 Å². The quantitative estimate of drug-likeness (QED) is 0.316. The van der Waals surface area contributed by atoms with Crippen molar-refractivity contribution in [2.45, 2.75) is 47.5 Å². The van der Waals surface area contributed by atoms with Crippen molar-refractivity contribution in [3.8, 4) is 33.4 Å². The van der Waals surface area contributed by atoms with Gasteiger partial charge in [-0.15, -0.1) is 0 Å². The minimum atomic E-state index is 1.26. The zero-order valence-electron chi connectivity index (χ0n) is 19.6. The van der Waals surface area contributed by atoms with E-state index < -0.39 is 0 Å². The predicted molar refractivity (Wildman–Crippen MR) is 138 cm³/mol. The maximum Gasteiger partial charge on any atom is -0.0152 e. The van der Waals surface area contributed by atoms with Crippen LogP contribution in [0.2, 0.25) is 0 Å². The van der Waals surface area contributed by atoms with E-state index in [1.54, 1.807) is 0 Å².